The van der Waals surface area contributed by atoms with Crippen LogP contribution in [-0.2, 0) is 6.54 Å². The van der Waals surface area contributed by atoms with E-state index in [0.29, 0.717) is 16.4 Å². The monoisotopic (exact) mass is 293 g/mol. The fourth-order valence-electron chi connectivity index (χ4n) is 1.20. The molecular formula is C11H14BrClFN. The molecule has 1 aromatic carbocycles. The number of benzene rings is 1. The summed E-state index contributed by atoms with van der Waals surface area (Å²) in [7, 11) is 2.00. The fraction of sp³-hybridized carbons (Fsp3) is 0.455. The van der Waals surface area contributed by atoms with Crippen molar-refractivity contribution in [2.45, 2.75) is 19.5 Å². The maximum atomic E-state index is 13.0. The number of rotatable bonds is 4. The SMILES string of the molecule is CC(CCl)N(C)Cc1ccc(F)c(Br)c1. The Balaban J connectivity index is 2.68. The van der Waals surface area contributed by atoms with Gasteiger partial charge in [0.25, 0.3) is 0 Å². The van der Waals surface area contributed by atoms with Gasteiger partial charge in [-0.15, -0.1) is 11.6 Å². The second-order valence-electron chi connectivity index (χ2n) is 3.67. The van der Waals surface area contributed by atoms with E-state index in [0.717, 1.165) is 12.1 Å². The van der Waals surface area contributed by atoms with Gasteiger partial charge in [0.2, 0.25) is 0 Å². The van der Waals surface area contributed by atoms with Gasteiger partial charge in [-0.2, -0.15) is 0 Å². The molecule has 0 aromatic heterocycles. The highest BCUT2D eigenvalue weighted by molar-refractivity contribution is 9.10. The Kier molecular flexibility index (Phi) is 5.03. The molecule has 1 atom stereocenters. The normalized spacial score (nSPS) is 13.2. The van der Waals surface area contributed by atoms with Crippen LogP contribution in [-0.4, -0.2) is 23.9 Å². The van der Waals surface area contributed by atoms with Gasteiger partial charge in [0.1, 0.15) is 5.82 Å². The van der Waals surface area contributed by atoms with Crippen LogP contribution in [0.5, 0.6) is 0 Å². The smallest absolute Gasteiger partial charge is 0.137 e. The molecule has 0 bridgehead atoms. The van der Waals surface area contributed by atoms with Gasteiger partial charge in [-0.25, -0.2) is 4.39 Å². The van der Waals surface area contributed by atoms with Crippen molar-refractivity contribution in [3.8, 4) is 0 Å². The number of alkyl halides is 1. The van der Waals surface area contributed by atoms with Crippen molar-refractivity contribution in [3.63, 3.8) is 0 Å². The van der Waals surface area contributed by atoms with Gasteiger partial charge >= 0.3 is 0 Å². The van der Waals surface area contributed by atoms with Gasteiger partial charge in [-0.05, 0) is 47.6 Å². The van der Waals surface area contributed by atoms with Gasteiger partial charge in [-0.3, -0.25) is 4.90 Å². The molecule has 0 heterocycles. The molecule has 0 spiro atoms. The van der Waals surface area contributed by atoms with Gasteiger partial charge in [0.05, 0.1) is 4.47 Å². The Labute approximate surface area is 103 Å². The lowest BCUT2D eigenvalue weighted by atomic mass is 10.2. The predicted octanol–water partition coefficient (Wildman–Crippen LogP) is 3.65. The molecular weight excluding hydrogens is 280 g/mol. The molecule has 0 radical (unpaired) electrons. The van der Waals surface area contributed by atoms with Gasteiger partial charge < -0.3 is 0 Å². The molecule has 0 aliphatic carbocycles. The third kappa shape index (κ3) is 3.74. The van der Waals surface area contributed by atoms with E-state index in [-0.39, 0.29) is 5.82 Å². The molecule has 0 fully saturated rings. The number of hydrogen-bond donors (Lipinski definition) is 0. The molecule has 0 aliphatic rings. The van der Waals surface area contributed by atoms with Crippen LogP contribution < -0.4 is 0 Å². The maximum absolute atomic E-state index is 13.0. The summed E-state index contributed by atoms with van der Waals surface area (Å²) in [4.78, 5) is 2.13. The topological polar surface area (TPSA) is 3.24 Å². The van der Waals surface area contributed by atoms with Crippen molar-refractivity contribution < 1.29 is 4.39 Å². The Hall–Kier alpha value is -0.120. The van der Waals surface area contributed by atoms with E-state index < -0.39 is 0 Å². The highest BCUT2D eigenvalue weighted by Gasteiger charge is 2.09. The quantitative estimate of drug-likeness (QED) is 0.766. The van der Waals surface area contributed by atoms with Crippen molar-refractivity contribution in [3.05, 3.63) is 34.1 Å². The van der Waals surface area contributed by atoms with E-state index in [1.807, 2.05) is 7.05 Å². The zero-order valence-corrected chi connectivity index (χ0v) is 11.1. The molecule has 1 nitrogen and oxygen atoms in total. The first-order valence-electron chi connectivity index (χ1n) is 4.74. The van der Waals surface area contributed by atoms with E-state index >= 15 is 0 Å². The summed E-state index contributed by atoms with van der Waals surface area (Å²) in [6, 6.07) is 5.37. The molecule has 0 amide bonds. The van der Waals surface area contributed by atoms with Crippen molar-refractivity contribution in [1.29, 1.82) is 0 Å². The summed E-state index contributed by atoms with van der Waals surface area (Å²) in [5, 5.41) is 0. The Morgan fingerprint density at radius 3 is 2.73 bits per heavy atom. The fourth-order valence-corrected chi connectivity index (χ4v) is 1.86. The first-order chi connectivity index (χ1) is 7.04. The minimum atomic E-state index is -0.230. The Morgan fingerprint density at radius 2 is 2.20 bits per heavy atom. The van der Waals surface area contributed by atoms with Crippen molar-refractivity contribution in [2.75, 3.05) is 12.9 Å². The second kappa shape index (κ2) is 5.83. The van der Waals surface area contributed by atoms with Crippen LogP contribution in [0, 0.1) is 5.82 Å². The van der Waals surface area contributed by atoms with Gasteiger partial charge in [-0.1, -0.05) is 6.07 Å². The van der Waals surface area contributed by atoms with Crippen molar-refractivity contribution >= 4 is 27.5 Å². The largest absolute Gasteiger partial charge is 0.298 e. The predicted molar refractivity (Wildman–Crippen MR) is 65.7 cm³/mol. The van der Waals surface area contributed by atoms with Gasteiger partial charge in [0, 0.05) is 18.5 Å². The second-order valence-corrected chi connectivity index (χ2v) is 4.83. The summed E-state index contributed by atoms with van der Waals surface area (Å²) in [5.41, 5.74) is 1.07. The van der Waals surface area contributed by atoms with Crippen LogP contribution in [0.2, 0.25) is 0 Å². The van der Waals surface area contributed by atoms with E-state index in [1.165, 1.54) is 6.07 Å². The molecule has 0 aliphatic heterocycles. The molecule has 1 rings (SSSR count). The molecule has 84 valence electrons. The molecule has 0 saturated carbocycles. The molecule has 0 N–H and O–H groups in total. The lowest BCUT2D eigenvalue weighted by Crippen LogP contribution is -2.29. The molecule has 1 unspecified atom stereocenters. The summed E-state index contributed by atoms with van der Waals surface area (Å²) in [6.45, 7) is 2.83. The summed E-state index contributed by atoms with van der Waals surface area (Å²) in [6.07, 6.45) is 0. The molecule has 15 heavy (non-hydrogen) atoms. The zero-order chi connectivity index (χ0) is 11.4. The summed E-state index contributed by atoms with van der Waals surface area (Å²) < 4.78 is 13.5. The maximum Gasteiger partial charge on any atom is 0.137 e. The van der Waals surface area contributed by atoms with Crippen LogP contribution >= 0.6 is 27.5 Å². The number of halogens is 3. The average Bonchev–Trinajstić information content (AvgIpc) is 2.22. The average molecular weight is 295 g/mol. The van der Waals surface area contributed by atoms with Crippen LogP contribution in [0.15, 0.2) is 22.7 Å². The number of hydrogen-bond acceptors (Lipinski definition) is 1. The van der Waals surface area contributed by atoms with Crippen LogP contribution in [0.4, 0.5) is 4.39 Å². The van der Waals surface area contributed by atoms with Crippen molar-refractivity contribution in [2.24, 2.45) is 0 Å². The Morgan fingerprint density at radius 1 is 1.53 bits per heavy atom. The summed E-state index contributed by atoms with van der Waals surface area (Å²) in [5.74, 6) is 0.366. The van der Waals surface area contributed by atoms with Crippen molar-refractivity contribution in [1.82, 2.24) is 4.90 Å². The van der Waals surface area contributed by atoms with Gasteiger partial charge in [0.15, 0.2) is 0 Å². The zero-order valence-electron chi connectivity index (χ0n) is 8.80. The van der Waals surface area contributed by atoms with Crippen LogP contribution in [0.25, 0.3) is 0 Å². The molecule has 0 saturated heterocycles. The van der Waals surface area contributed by atoms with E-state index in [1.54, 1.807) is 12.1 Å². The highest BCUT2D eigenvalue weighted by Crippen LogP contribution is 2.18. The third-order valence-electron chi connectivity index (χ3n) is 2.39. The first-order valence-corrected chi connectivity index (χ1v) is 6.07. The standard InChI is InChI=1S/C11H14BrClFN/c1-8(6-13)15(2)7-9-3-4-11(14)10(12)5-9/h3-5,8H,6-7H2,1-2H3. The molecule has 4 heteroatoms. The Bertz CT molecular complexity index is 332. The lowest BCUT2D eigenvalue weighted by molar-refractivity contribution is 0.268. The lowest BCUT2D eigenvalue weighted by Gasteiger charge is -2.22. The highest BCUT2D eigenvalue weighted by atomic mass is 79.9. The van der Waals surface area contributed by atoms with E-state index in [9.17, 15) is 4.39 Å². The van der Waals surface area contributed by atoms with Crippen LogP contribution in [0.1, 0.15) is 12.5 Å². The van der Waals surface area contributed by atoms with E-state index in [2.05, 4.69) is 27.8 Å². The minimum absolute atomic E-state index is 0.230. The number of nitrogens with zero attached hydrogens (tertiary/aromatic N) is 1. The first kappa shape index (κ1) is 12.9. The molecule has 1 aromatic rings. The van der Waals surface area contributed by atoms with E-state index in [4.69, 9.17) is 11.6 Å². The third-order valence-corrected chi connectivity index (χ3v) is 3.45. The van der Waals surface area contributed by atoms with Crippen LogP contribution in [0.3, 0.4) is 0 Å². The summed E-state index contributed by atoms with van der Waals surface area (Å²) >= 11 is 8.93. The minimum Gasteiger partial charge on any atom is -0.298 e.